The number of rotatable bonds is 50. The molecule has 0 fully saturated rings. The van der Waals surface area contributed by atoms with Crippen LogP contribution in [0, 0.1) is 0 Å². The van der Waals surface area contributed by atoms with Gasteiger partial charge in [-0.1, -0.05) is 122 Å². The molecule has 0 N–H and O–H groups in total. The zero-order valence-electron chi connectivity index (χ0n) is 37.4. The quantitative estimate of drug-likeness (QED) is 0.0588. The highest BCUT2D eigenvalue weighted by molar-refractivity contribution is 5.27. The van der Waals surface area contributed by atoms with Crippen LogP contribution in [0.25, 0.3) is 0 Å². The van der Waals surface area contributed by atoms with Crippen LogP contribution < -0.4 is 4.74 Å². The molecule has 0 spiro atoms. The Balaban J connectivity index is 1.66. The second-order valence-corrected chi connectivity index (χ2v) is 14.7. The summed E-state index contributed by atoms with van der Waals surface area (Å²) in [7, 11) is 0. The van der Waals surface area contributed by atoms with Gasteiger partial charge in [-0.05, 0) is 37.0 Å². The molecule has 0 radical (unpaired) electrons. The van der Waals surface area contributed by atoms with Crippen LogP contribution in [0.2, 0.25) is 0 Å². The minimum Gasteiger partial charge on any atom is -0.491 e. The molecule has 0 atom stereocenters. The van der Waals surface area contributed by atoms with Gasteiger partial charge in [-0.3, -0.25) is 0 Å². The third-order valence-electron chi connectivity index (χ3n) is 9.48. The fourth-order valence-corrected chi connectivity index (χ4v) is 6.03. The van der Waals surface area contributed by atoms with Gasteiger partial charge in [0.1, 0.15) is 12.4 Å². The van der Waals surface area contributed by atoms with Crippen molar-refractivity contribution in [2.45, 2.75) is 129 Å². The highest BCUT2D eigenvalue weighted by Crippen LogP contribution is 2.15. The average molecular weight is 829 g/mol. The Hall–Kier alpha value is -1.38. The van der Waals surface area contributed by atoms with Crippen molar-refractivity contribution in [2.24, 2.45) is 0 Å². The van der Waals surface area contributed by atoms with Gasteiger partial charge in [0.15, 0.2) is 0 Å². The van der Waals surface area contributed by atoms with Gasteiger partial charge >= 0.3 is 0 Å². The predicted molar refractivity (Wildman–Crippen MR) is 234 cm³/mol. The summed E-state index contributed by atoms with van der Waals surface area (Å²) in [6.45, 7) is 16.2. The molecule has 0 saturated heterocycles. The summed E-state index contributed by atoms with van der Waals surface area (Å²) >= 11 is 0. The maximum absolute atomic E-state index is 5.80. The molecule has 1 rings (SSSR count). The lowest BCUT2D eigenvalue weighted by atomic mass is 10.0. The molecule has 1 aromatic rings. The number of benzene rings is 1. The van der Waals surface area contributed by atoms with E-state index in [1.165, 1.54) is 108 Å². The Bertz CT molecular complexity index is 892. The van der Waals surface area contributed by atoms with Crippen molar-refractivity contribution in [2.75, 3.05) is 139 Å². The monoisotopic (exact) mass is 829 g/mol. The van der Waals surface area contributed by atoms with Gasteiger partial charge in [0.25, 0.3) is 0 Å². The van der Waals surface area contributed by atoms with E-state index in [4.69, 9.17) is 52.1 Å². The fourth-order valence-electron chi connectivity index (χ4n) is 6.03. The van der Waals surface area contributed by atoms with E-state index in [9.17, 15) is 0 Å². The van der Waals surface area contributed by atoms with Crippen LogP contribution in [0.3, 0.4) is 0 Å². The van der Waals surface area contributed by atoms with Crippen molar-refractivity contribution in [1.82, 2.24) is 0 Å². The maximum Gasteiger partial charge on any atom is 0.119 e. The first kappa shape index (κ1) is 54.6. The van der Waals surface area contributed by atoms with Crippen LogP contribution >= 0.6 is 0 Å². The highest BCUT2D eigenvalue weighted by atomic mass is 16.6. The summed E-state index contributed by atoms with van der Waals surface area (Å²) in [6.07, 6.45) is 24.0. The first-order chi connectivity index (χ1) is 28.9. The second-order valence-electron chi connectivity index (χ2n) is 14.7. The molecular formula is C47H88O11. The molecule has 0 unspecified atom stereocenters. The molecule has 11 nitrogen and oxygen atoms in total. The van der Waals surface area contributed by atoms with E-state index in [1.54, 1.807) is 0 Å². The van der Waals surface area contributed by atoms with E-state index in [2.05, 4.69) is 38.1 Å². The van der Waals surface area contributed by atoms with Gasteiger partial charge in [0.2, 0.25) is 0 Å². The molecule has 0 heterocycles. The lowest BCUT2D eigenvalue weighted by Gasteiger charge is -2.09. The Morgan fingerprint density at radius 3 is 0.845 bits per heavy atom. The minimum atomic E-state index is 0.521. The third kappa shape index (κ3) is 42.7. The second kappa shape index (κ2) is 48.3. The van der Waals surface area contributed by atoms with E-state index < -0.39 is 0 Å². The van der Waals surface area contributed by atoms with E-state index in [0.29, 0.717) is 132 Å². The van der Waals surface area contributed by atoms with Crippen molar-refractivity contribution >= 4 is 0 Å². The number of hydrogen-bond acceptors (Lipinski definition) is 11. The fraction of sp³-hybridized carbons (Fsp3) is 0.872. The molecule has 0 aliphatic carbocycles. The summed E-state index contributed by atoms with van der Waals surface area (Å²) in [4.78, 5) is 0. The topological polar surface area (TPSA) is 102 Å². The van der Waals surface area contributed by atoms with Crippen molar-refractivity contribution in [3.8, 4) is 5.75 Å². The summed E-state index contributed by atoms with van der Waals surface area (Å²) in [5, 5.41) is 0. The summed E-state index contributed by atoms with van der Waals surface area (Å²) in [6, 6.07) is 8.47. The van der Waals surface area contributed by atoms with E-state index in [1.807, 2.05) is 0 Å². The van der Waals surface area contributed by atoms with Crippen molar-refractivity contribution in [3.63, 3.8) is 0 Å². The lowest BCUT2D eigenvalue weighted by molar-refractivity contribution is -0.0267. The van der Waals surface area contributed by atoms with Crippen molar-refractivity contribution < 1.29 is 52.1 Å². The summed E-state index contributed by atoms with van der Waals surface area (Å²) in [5.41, 5.74) is 1.38. The molecule has 0 aromatic heterocycles. The van der Waals surface area contributed by atoms with Gasteiger partial charge in [0.05, 0.1) is 126 Å². The van der Waals surface area contributed by atoms with Crippen LogP contribution in [0.4, 0.5) is 0 Å². The summed E-state index contributed by atoms with van der Waals surface area (Å²) in [5.74, 6) is 0.890. The molecule has 0 aliphatic rings. The first-order valence-electron chi connectivity index (χ1n) is 23.4. The average Bonchev–Trinajstić information content (AvgIpc) is 3.24. The Morgan fingerprint density at radius 2 is 0.517 bits per heavy atom. The standard InChI is InChI=1S/C47H88O11/c1-3-5-7-9-11-12-13-15-17-19-25-48-26-27-49-28-29-50-30-31-51-32-33-52-34-35-53-36-37-54-38-39-55-40-41-56-42-43-57-44-45-58-47-23-21-46(22-24-47)20-18-16-14-10-8-6-4-2/h21-24H,3-20,25-45H2,1-2H3. The van der Waals surface area contributed by atoms with Crippen LogP contribution in [-0.4, -0.2) is 139 Å². The summed E-state index contributed by atoms with van der Waals surface area (Å²) < 4.78 is 61.4. The smallest absolute Gasteiger partial charge is 0.119 e. The molecule has 0 amide bonds. The molecule has 11 heteroatoms. The molecule has 1 aromatic carbocycles. The van der Waals surface area contributed by atoms with Crippen LogP contribution in [0.15, 0.2) is 24.3 Å². The largest absolute Gasteiger partial charge is 0.491 e. The van der Waals surface area contributed by atoms with E-state index in [-0.39, 0.29) is 0 Å². The van der Waals surface area contributed by atoms with Gasteiger partial charge < -0.3 is 52.1 Å². The predicted octanol–water partition coefficient (Wildman–Crippen LogP) is 9.45. The van der Waals surface area contributed by atoms with Crippen molar-refractivity contribution in [3.05, 3.63) is 29.8 Å². The Labute approximate surface area is 355 Å². The van der Waals surface area contributed by atoms with Crippen LogP contribution in [0.1, 0.15) is 129 Å². The first-order valence-corrected chi connectivity index (χ1v) is 23.4. The molecule has 58 heavy (non-hydrogen) atoms. The number of ether oxygens (including phenoxy) is 11. The zero-order valence-corrected chi connectivity index (χ0v) is 37.4. The normalized spacial score (nSPS) is 11.6. The lowest BCUT2D eigenvalue weighted by Crippen LogP contribution is -2.15. The Morgan fingerprint density at radius 1 is 0.259 bits per heavy atom. The van der Waals surface area contributed by atoms with Crippen LogP contribution in [0.5, 0.6) is 5.75 Å². The van der Waals surface area contributed by atoms with Crippen LogP contribution in [-0.2, 0) is 53.8 Å². The van der Waals surface area contributed by atoms with Gasteiger partial charge in [-0.25, -0.2) is 0 Å². The van der Waals surface area contributed by atoms with Crippen molar-refractivity contribution in [1.29, 1.82) is 0 Å². The molecule has 0 aliphatic heterocycles. The number of unbranched alkanes of at least 4 members (excludes halogenated alkanes) is 15. The van der Waals surface area contributed by atoms with Gasteiger partial charge in [-0.15, -0.1) is 0 Å². The van der Waals surface area contributed by atoms with E-state index in [0.717, 1.165) is 25.2 Å². The molecule has 0 bridgehead atoms. The third-order valence-corrected chi connectivity index (χ3v) is 9.48. The van der Waals surface area contributed by atoms with E-state index >= 15 is 0 Å². The van der Waals surface area contributed by atoms with Gasteiger partial charge in [-0.2, -0.15) is 0 Å². The molecule has 342 valence electrons. The number of aryl methyl sites for hydroxylation is 1. The highest BCUT2D eigenvalue weighted by Gasteiger charge is 2.00. The zero-order chi connectivity index (χ0) is 41.3. The number of hydrogen-bond donors (Lipinski definition) is 0. The SMILES string of the molecule is CCCCCCCCCCCCOCCOCCOCCOCCOCCOCCOCCOCCOCCOCCOc1ccc(CCCCCCCCC)cc1. The Kier molecular flexibility index (Phi) is 45.5. The minimum absolute atomic E-state index is 0.521. The molecule has 0 saturated carbocycles. The molecular weight excluding hydrogens is 741 g/mol. The van der Waals surface area contributed by atoms with Gasteiger partial charge in [0, 0.05) is 6.61 Å². The maximum atomic E-state index is 5.80.